The molecule has 1 N–H and O–H groups in total. The van der Waals surface area contributed by atoms with Crippen LogP contribution in [0.15, 0.2) is 24.5 Å². The number of piperidine rings is 1. The number of nitrogens with one attached hydrogen (secondary N) is 1. The van der Waals surface area contributed by atoms with Crippen molar-refractivity contribution in [2.24, 2.45) is 5.92 Å². The number of pyridine rings is 1. The minimum atomic E-state index is 0.0283. The molecule has 0 saturated carbocycles. The first-order valence-corrected chi connectivity index (χ1v) is 10.3. The van der Waals surface area contributed by atoms with Gasteiger partial charge in [-0.05, 0) is 72.8 Å². The molecule has 0 bridgehead atoms. The molecule has 3 rings (SSSR count). The van der Waals surface area contributed by atoms with Crippen molar-refractivity contribution in [1.29, 1.82) is 0 Å². The molecule has 1 unspecified atom stereocenters. The molecular weight excluding hydrogens is 354 g/mol. The number of nitrogens with zero attached hydrogens (tertiary/aromatic N) is 6. The van der Waals surface area contributed by atoms with Gasteiger partial charge in [0.15, 0.2) is 5.82 Å². The fourth-order valence-corrected chi connectivity index (χ4v) is 3.60. The second-order valence-corrected chi connectivity index (χ2v) is 7.69. The number of aryl methyl sites for hydroxylation is 1. The predicted octanol–water partition coefficient (Wildman–Crippen LogP) is 2.35. The number of hydrogen-bond donors (Lipinski definition) is 1. The molecule has 1 fully saturated rings. The van der Waals surface area contributed by atoms with Crippen molar-refractivity contribution in [2.75, 3.05) is 13.1 Å². The number of amides is 1. The molecule has 1 aliphatic rings. The monoisotopic (exact) mass is 385 g/mol. The van der Waals surface area contributed by atoms with Gasteiger partial charge in [0.25, 0.3) is 0 Å². The Bertz CT molecular complexity index is 725. The van der Waals surface area contributed by atoms with E-state index in [1.807, 2.05) is 16.8 Å². The molecule has 1 saturated heterocycles. The van der Waals surface area contributed by atoms with Crippen LogP contribution in [0.4, 0.5) is 0 Å². The Morgan fingerprint density at radius 3 is 2.75 bits per heavy atom. The van der Waals surface area contributed by atoms with Crippen molar-refractivity contribution >= 4 is 5.91 Å². The van der Waals surface area contributed by atoms with Gasteiger partial charge < -0.3 is 5.32 Å². The summed E-state index contributed by atoms with van der Waals surface area (Å²) >= 11 is 0. The Morgan fingerprint density at radius 2 is 2.04 bits per heavy atom. The Balaban J connectivity index is 1.43. The van der Waals surface area contributed by atoms with Crippen LogP contribution < -0.4 is 5.32 Å². The van der Waals surface area contributed by atoms with E-state index in [4.69, 9.17) is 0 Å². The van der Waals surface area contributed by atoms with Crippen LogP contribution in [0.5, 0.6) is 0 Å². The molecule has 0 aliphatic carbocycles. The minimum Gasteiger partial charge on any atom is -0.349 e. The van der Waals surface area contributed by atoms with Crippen molar-refractivity contribution < 1.29 is 4.79 Å². The zero-order valence-electron chi connectivity index (χ0n) is 16.9. The van der Waals surface area contributed by atoms with E-state index in [0.717, 1.165) is 43.4 Å². The molecule has 0 spiro atoms. The van der Waals surface area contributed by atoms with Gasteiger partial charge in [-0.15, -0.1) is 5.10 Å². The summed E-state index contributed by atoms with van der Waals surface area (Å²) in [6.45, 7) is 8.02. The van der Waals surface area contributed by atoms with Gasteiger partial charge in [-0.3, -0.25) is 14.7 Å². The number of tetrazole rings is 1. The first-order chi connectivity index (χ1) is 13.7. The summed E-state index contributed by atoms with van der Waals surface area (Å²) in [4.78, 5) is 18.8. The van der Waals surface area contributed by atoms with Crippen LogP contribution in [-0.2, 0) is 17.9 Å². The average molecular weight is 386 g/mol. The summed E-state index contributed by atoms with van der Waals surface area (Å²) < 4.78 is 1.84. The van der Waals surface area contributed by atoms with Crippen molar-refractivity contribution in [3.05, 3.63) is 35.9 Å². The first kappa shape index (κ1) is 20.4. The Morgan fingerprint density at radius 1 is 1.29 bits per heavy atom. The molecule has 8 nitrogen and oxygen atoms in total. The molecule has 1 amide bonds. The van der Waals surface area contributed by atoms with E-state index in [9.17, 15) is 4.79 Å². The maximum absolute atomic E-state index is 12.4. The lowest BCUT2D eigenvalue weighted by molar-refractivity contribution is -0.122. The summed E-state index contributed by atoms with van der Waals surface area (Å²) in [5.74, 6) is 1.76. The normalized spacial score (nSPS) is 16.8. The first-order valence-electron chi connectivity index (χ1n) is 10.3. The second kappa shape index (κ2) is 10.3. The standard InChI is InChI=1S/C20H31N7O/c1-3-18(17-6-10-21-11-7-17)22-20(28)5-4-12-27-19(23-24-25-27)15-26-13-8-16(2)9-14-26/h6-7,10-11,16,18H,3-5,8-9,12-15H2,1-2H3,(H,22,28). The van der Waals surface area contributed by atoms with Gasteiger partial charge >= 0.3 is 0 Å². The molecule has 0 aromatic carbocycles. The van der Waals surface area contributed by atoms with Crippen LogP contribution in [0.2, 0.25) is 0 Å². The zero-order chi connectivity index (χ0) is 19.8. The highest BCUT2D eigenvalue weighted by Crippen LogP contribution is 2.18. The van der Waals surface area contributed by atoms with Gasteiger partial charge in [0, 0.05) is 25.4 Å². The van der Waals surface area contributed by atoms with Gasteiger partial charge in [-0.2, -0.15) is 0 Å². The van der Waals surface area contributed by atoms with Gasteiger partial charge in [0.05, 0.1) is 12.6 Å². The predicted molar refractivity (Wildman–Crippen MR) is 106 cm³/mol. The topological polar surface area (TPSA) is 88.8 Å². The number of aromatic nitrogens is 5. The number of rotatable bonds is 9. The van der Waals surface area contributed by atoms with Gasteiger partial charge in [-0.1, -0.05) is 13.8 Å². The highest BCUT2D eigenvalue weighted by atomic mass is 16.1. The van der Waals surface area contributed by atoms with Gasteiger partial charge in [-0.25, -0.2) is 4.68 Å². The Kier molecular flexibility index (Phi) is 7.47. The largest absolute Gasteiger partial charge is 0.349 e. The van der Waals surface area contributed by atoms with Crippen LogP contribution in [0, 0.1) is 5.92 Å². The van der Waals surface area contributed by atoms with Crippen LogP contribution in [-0.4, -0.2) is 49.1 Å². The molecule has 2 aromatic rings. The molecule has 2 aromatic heterocycles. The molecule has 28 heavy (non-hydrogen) atoms. The number of carbonyl (C=O) groups is 1. The van der Waals surface area contributed by atoms with Gasteiger partial charge in [0.1, 0.15) is 0 Å². The lowest BCUT2D eigenvalue weighted by atomic mass is 9.99. The summed E-state index contributed by atoms with van der Waals surface area (Å²) in [6, 6.07) is 3.92. The quantitative estimate of drug-likeness (QED) is 0.713. The van der Waals surface area contributed by atoms with Crippen molar-refractivity contribution in [2.45, 2.75) is 65.1 Å². The zero-order valence-corrected chi connectivity index (χ0v) is 16.9. The SMILES string of the molecule is CCC(NC(=O)CCCn1nnnc1CN1CCC(C)CC1)c1ccncc1. The lowest BCUT2D eigenvalue weighted by Crippen LogP contribution is -2.33. The van der Waals surface area contributed by atoms with Crippen LogP contribution >= 0.6 is 0 Å². The van der Waals surface area contributed by atoms with Crippen molar-refractivity contribution in [3.63, 3.8) is 0 Å². The lowest BCUT2D eigenvalue weighted by Gasteiger charge is -2.29. The average Bonchev–Trinajstić information content (AvgIpc) is 3.15. The van der Waals surface area contributed by atoms with Crippen LogP contribution in [0.3, 0.4) is 0 Å². The summed E-state index contributed by atoms with van der Waals surface area (Å²) in [5.41, 5.74) is 1.09. The van der Waals surface area contributed by atoms with Crippen LogP contribution in [0.1, 0.15) is 63.4 Å². The molecule has 8 heteroatoms. The fourth-order valence-electron chi connectivity index (χ4n) is 3.60. The molecule has 1 atom stereocenters. The van der Waals surface area contributed by atoms with E-state index in [1.165, 1.54) is 12.8 Å². The molecule has 152 valence electrons. The second-order valence-electron chi connectivity index (χ2n) is 7.69. The third kappa shape index (κ3) is 5.82. The minimum absolute atomic E-state index is 0.0283. The van der Waals surface area contributed by atoms with E-state index >= 15 is 0 Å². The Labute approximate surface area is 166 Å². The maximum atomic E-state index is 12.4. The van der Waals surface area contributed by atoms with E-state index < -0.39 is 0 Å². The molecule has 1 aliphatic heterocycles. The molecule has 3 heterocycles. The molecular formula is C20H31N7O. The third-order valence-corrected chi connectivity index (χ3v) is 5.47. The number of carbonyl (C=O) groups excluding carboxylic acids is 1. The fraction of sp³-hybridized carbons (Fsp3) is 0.650. The Hall–Kier alpha value is -2.35. The van der Waals surface area contributed by atoms with Crippen LogP contribution in [0.25, 0.3) is 0 Å². The van der Waals surface area contributed by atoms with E-state index in [-0.39, 0.29) is 11.9 Å². The smallest absolute Gasteiger partial charge is 0.220 e. The summed E-state index contributed by atoms with van der Waals surface area (Å²) in [7, 11) is 0. The summed E-state index contributed by atoms with van der Waals surface area (Å²) in [5, 5.41) is 15.2. The number of likely N-dealkylation sites (tertiary alicyclic amines) is 1. The molecule has 0 radical (unpaired) electrons. The van der Waals surface area contributed by atoms with Crippen molar-refractivity contribution in [3.8, 4) is 0 Å². The van der Waals surface area contributed by atoms with Crippen molar-refractivity contribution in [1.82, 2.24) is 35.4 Å². The highest BCUT2D eigenvalue weighted by molar-refractivity contribution is 5.76. The highest BCUT2D eigenvalue weighted by Gasteiger charge is 2.18. The third-order valence-electron chi connectivity index (χ3n) is 5.47. The van der Waals surface area contributed by atoms with E-state index in [0.29, 0.717) is 19.4 Å². The van der Waals surface area contributed by atoms with E-state index in [2.05, 4.69) is 44.6 Å². The summed E-state index contributed by atoms with van der Waals surface area (Å²) in [6.07, 6.45) is 8.01. The van der Waals surface area contributed by atoms with Gasteiger partial charge in [0.2, 0.25) is 5.91 Å². The maximum Gasteiger partial charge on any atom is 0.220 e. The number of hydrogen-bond acceptors (Lipinski definition) is 6. The van der Waals surface area contributed by atoms with E-state index in [1.54, 1.807) is 12.4 Å².